The molecule has 1 aliphatic carbocycles. The van der Waals surface area contributed by atoms with Crippen molar-refractivity contribution >= 4 is 11.8 Å². The second-order valence-corrected chi connectivity index (χ2v) is 3.65. The van der Waals surface area contributed by atoms with Crippen molar-refractivity contribution in [2.24, 2.45) is 0 Å². The van der Waals surface area contributed by atoms with Crippen molar-refractivity contribution in [3.8, 4) is 0 Å². The van der Waals surface area contributed by atoms with E-state index in [9.17, 15) is 22.8 Å². The number of hydrogen-bond donors (Lipinski definition) is 1. The van der Waals surface area contributed by atoms with Crippen molar-refractivity contribution < 1.29 is 27.9 Å². The zero-order valence-electron chi connectivity index (χ0n) is 8.41. The van der Waals surface area contributed by atoms with E-state index in [1.165, 1.54) is 0 Å². The second-order valence-electron chi connectivity index (χ2n) is 3.65. The molecule has 1 aromatic heterocycles. The van der Waals surface area contributed by atoms with Gasteiger partial charge in [0.1, 0.15) is 12.2 Å². The Hall–Kier alpha value is -1.86. The van der Waals surface area contributed by atoms with Crippen LogP contribution in [-0.4, -0.2) is 26.6 Å². The van der Waals surface area contributed by atoms with Gasteiger partial charge < -0.3 is 5.11 Å². The molecule has 1 aliphatic rings. The predicted octanol–water partition coefficient (Wildman–Crippen LogP) is 1.12. The molecule has 0 fully saturated rings. The summed E-state index contributed by atoms with van der Waals surface area (Å²) in [5, 5.41) is 11.7. The van der Waals surface area contributed by atoms with Crippen molar-refractivity contribution in [2.45, 2.75) is 25.6 Å². The van der Waals surface area contributed by atoms with Gasteiger partial charge in [-0.15, -0.1) is 0 Å². The van der Waals surface area contributed by atoms with Gasteiger partial charge in [0.05, 0.1) is 0 Å². The van der Waals surface area contributed by atoms with Gasteiger partial charge in [0.2, 0.25) is 0 Å². The quantitative estimate of drug-likeness (QED) is 0.851. The van der Waals surface area contributed by atoms with Gasteiger partial charge in [-0.1, -0.05) is 0 Å². The summed E-state index contributed by atoms with van der Waals surface area (Å²) in [6.45, 7) is -0.746. The molecule has 1 N–H and O–H groups in total. The first-order chi connectivity index (χ1) is 7.80. The Kier molecular flexibility index (Phi) is 2.44. The molecule has 0 radical (unpaired) electrons. The topological polar surface area (TPSA) is 72.2 Å². The maximum Gasteiger partial charge on any atom is 0.435 e. The van der Waals surface area contributed by atoms with Crippen molar-refractivity contribution in [1.82, 2.24) is 9.78 Å². The third-order valence-corrected chi connectivity index (χ3v) is 2.47. The van der Waals surface area contributed by atoms with E-state index in [4.69, 9.17) is 5.11 Å². The van der Waals surface area contributed by atoms with Gasteiger partial charge in [-0.25, -0.2) is 4.68 Å². The molecule has 0 bridgehead atoms. The van der Waals surface area contributed by atoms with Crippen LogP contribution in [0.1, 0.15) is 28.2 Å². The van der Waals surface area contributed by atoms with E-state index in [1.807, 2.05) is 0 Å². The minimum absolute atomic E-state index is 0.0319. The van der Waals surface area contributed by atoms with Crippen molar-refractivity contribution in [3.63, 3.8) is 0 Å². The highest BCUT2D eigenvalue weighted by molar-refractivity contribution is 5.99. The van der Waals surface area contributed by atoms with Crippen LogP contribution in [-0.2, 0) is 23.9 Å². The van der Waals surface area contributed by atoms with Gasteiger partial charge in [0.15, 0.2) is 11.5 Å². The van der Waals surface area contributed by atoms with E-state index in [1.54, 1.807) is 0 Å². The predicted molar refractivity (Wildman–Crippen MR) is 47.5 cm³/mol. The maximum absolute atomic E-state index is 12.6. The molecule has 0 aromatic carbocycles. The summed E-state index contributed by atoms with van der Waals surface area (Å²) in [5.74, 6) is -1.84. The molecule has 8 heteroatoms. The lowest BCUT2D eigenvalue weighted by Crippen LogP contribution is -2.16. The standard InChI is InChI=1S/C9H7F3N2O3/c10-9(11,12)8-4-1-2-5(15)7(4)14(13-8)3-6(16)17/h1-3H2,(H,16,17). The summed E-state index contributed by atoms with van der Waals surface area (Å²) in [6, 6.07) is 0. The van der Waals surface area contributed by atoms with Crippen LogP contribution in [0.2, 0.25) is 0 Å². The van der Waals surface area contributed by atoms with Crippen LogP contribution in [0.15, 0.2) is 0 Å². The maximum atomic E-state index is 12.6. The first-order valence-electron chi connectivity index (χ1n) is 4.72. The van der Waals surface area contributed by atoms with Crippen LogP contribution >= 0.6 is 0 Å². The van der Waals surface area contributed by atoms with Crippen molar-refractivity contribution in [1.29, 1.82) is 0 Å². The number of ketones is 1. The van der Waals surface area contributed by atoms with Crippen LogP contribution in [0.25, 0.3) is 0 Å². The number of carbonyl (C=O) groups excluding carboxylic acids is 1. The molecular formula is C9H7F3N2O3. The molecule has 0 saturated carbocycles. The summed E-state index contributed by atoms with van der Waals surface area (Å²) in [5.41, 5.74) is -1.57. The van der Waals surface area contributed by atoms with Crippen LogP contribution < -0.4 is 0 Å². The number of aromatic nitrogens is 2. The average Bonchev–Trinajstić information content (AvgIpc) is 2.67. The number of halogens is 3. The number of alkyl halides is 3. The number of rotatable bonds is 2. The molecule has 1 aromatic rings. The number of aliphatic carboxylic acids is 1. The molecule has 0 atom stereocenters. The molecule has 0 saturated heterocycles. The minimum atomic E-state index is -4.67. The van der Waals surface area contributed by atoms with E-state index in [-0.39, 0.29) is 24.1 Å². The normalized spacial score (nSPS) is 15.1. The van der Waals surface area contributed by atoms with E-state index in [0.29, 0.717) is 4.68 Å². The van der Waals surface area contributed by atoms with Crippen LogP contribution in [0, 0.1) is 0 Å². The highest BCUT2D eigenvalue weighted by Gasteiger charge is 2.42. The molecule has 0 aliphatic heterocycles. The largest absolute Gasteiger partial charge is 0.480 e. The van der Waals surface area contributed by atoms with Crippen molar-refractivity contribution in [3.05, 3.63) is 17.0 Å². The SMILES string of the molecule is O=C(O)Cn1nc(C(F)(F)F)c2c1C(=O)CC2. The Balaban J connectivity index is 2.55. The van der Waals surface area contributed by atoms with E-state index in [2.05, 4.69) is 5.10 Å². The summed E-state index contributed by atoms with van der Waals surface area (Å²) in [4.78, 5) is 21.9. The zero-order chi connectivity index (χ0) is 12.8. The highest BCUT2D eigenvalue weighted by Crippen LogP contribution is 2.36. The Morgan fingerprint density at radius 3 is 2.59 bits per heavy atom. The number of Topliss-reactive ketones (excluding diaryl/α,β-unsaturated/α-hetero) is 1. The van der Waals surface area contributed by atoms with Crippen LogP contribution in [0.4, 0.5) is 13.2 Å². The van der Waals surface area contributed by atoms with Crippen LogP contribution in [0.3, 0.4) is 0 Å². The summed E-state index contributed by atoms with van der Waals surface area (Å²) >= 11 is 0. The molecule has 17 heavy (non-hydrogen) atoms. The number of carboxylic acid groups (broad SMARTS) is 1. The Morgan fingerprint density at radius 2 is 2.06 bits per heavy atom. The molecular weight excluding hydrogens is 241 g/mol. The lowest BCUT2D eigenvalue weighted by Gasteiger charge is -2.03. The van der Waals surface area contributed by atoms with Gasteiger partial charge in [-0.3, -0.25) is 9.59 Å². The Labute approximate surface area is 92.8 Å². The molecule has 0 spiro atoms. The van der Waals surface area contributed by atoms with Gasteiger partial charge >= 0.3 is 12.1 Å². The fourth-order valence-electron chi connectivity index (χ4n) is 1.88. The molecule has 92 valence electrons. The number of carbonyl (C=O) groups is 2. The monoisotopic (exact) mass is 248 g/mol. The van der Waals surface area contributed by atoms with Gasteiger partial charge in [-0.05, 0) is 6.42 Å². The lowest BCUT2D eigenvalue weighted by atomic mass is 10.2. The van der Waals surface area contributed by atoms with Crippen molar-refractivity contribution in [2.75, 3.05) is 0 Å². The van der Waals surface area contributed by atoms with Gasteiger partial charge in [-0.2, -0.15) is 18.3 Å². The summed E-state index contributed by atoms with van der Waals surface area (Å²) < 4.78 is 38.4. The van der Waals surface area contributed by atoms with E-state index >= 15 is 0 Å². The first kappa shape index (κ1) is 11.6. The van der Waals surface area contributed by atoms with E-state index in [0.717, 1.165) is 0 Å². The average molecular weight is 248 g/mol. The molecule has 5 nitrogen and oxygen atoms in total. The Morgan fingerprint density at radius 1 is 1.41 bits per heavy atom. The fourth-order valence-corrected chi connectivity index (χ4v) is 1.88. The smallest absolute Gasteiger partial charge is 0.435 e. The molecule has 0 amide bonds. The van der Waals surface area contributed by atoms with Gasteiger partial charge in [0, 0.05) is 12.0 Å². The molecule has 2 rings (SSSR count). The fraction of sp³-hybridized carbons (Fsp3) is 0.444. The summed E-state index contributed by atoms with van der Waals surface area (Å²) in [7, 11) is 0. The van der Waals surface area contributed by atoms with E-state index < -0.39 is 30.2 Å². The molecule has 1 heterocycles. The number of nitrogens with zero attached hydrogens (tertiary/aromatic N) is 2. The second kappa shape index (κ2) is 3.57. The number of fused-ring (bicyclic) bond motifs is 1. The zero-order valence-corrected chi connectivity index (χ0v) is 8.41. The molecule has 0 unspecified atom stereocenters. The van der Waals surface area contributed by atoms with Crippen LogP contribution in [0.5, 0.6) is 0 Å². The third kappa shape index (κ3) is 1.90. The van der Waals surface area contributed by atoms with Gasteiger partial charge in [0.25, 0.3) is 0 Å². The summed E-state index contributed by atoms with van der Waals surface area (Å²) in [6.07, 6.45) is -4.74. The third-order valence-electron chi connectivity index (χ3n) is 2.47. The first-order valence-corrected chi connectivity index (χ1v) is 4.72. The number of hydrogen-bond acceptors (Lipinski definition) is 3. The Bertz CT molecular complexity index is 504. The highest BCUT2D eigenvalue weighted by atomic mass is 19.4. The lowest BCUT2D eigenvalue weighted by molar-refractivity contribution is -0.143. The number of carboxylic acids is 1. The minimum Gasteiger partial charge on any atom is -0.480 e.